The van der Waals surface area contributed by atoms with Gasteiger partial charge in [-0.15, -0.1) is 0 Å². The van der Waals surface area contributed by atoms with Gasteiger partial charge in [0.25, 0.3) is 0 Å². The highest BCUT2D eigenvalue weighted by molar-refractivity contribution is 5.33. The van der Waals surface area contributed by atoms with Crippen molar-refractivity contribution < 1.29 is 22.0 Å². The standard InChI is InChI=1S/C22H19F5N2/c23-18-4-1-5-19(24)17(18)14-29-13-3-12-28-11-2-6-20(28)21(29)15-7-9-16(10-8-15)22(25,26)27/h1-2,4-11,21H,3,12-14H2/t21-/m0/s1. The fourth-order valence-corrected chi connectivity index (χ4v) is 3.93. The predicted octanol–water partition coefficient (Wildman–Crippen LogP) is 5.78. The summed E-state index contributed by atoms with van der Waals surface area (Å²) in [5.41, 5.74) is 0.775. The van der Waals surface area contributed by atoms with Gasteiger partial charge in [0.15, 0.2) is 0 Å². The minimum atomic E-state index is -4.42. The molecule has 7 heteroatoms. The molecule has 0 radical (unpaired) electrons. The third-order valence-corrected chi connectivity index (χ3v) is 5.33. The van der Waals surface area contributed by atoms with Crippen LogP contribution in [0.2, 0.25) is 0 Å². The van der Waals surface area contributed by atoms with E-state index in [9.17, 15) is 22.0 Å². The first kappa shape index (κ1) is 19.6. The molecule has 1 aromatic heterocycles. The Hall–Kier alpha value is -2.67. The lowest BCUT2D eigenvalue weighted by Crippen LogP contribution is -2.30. The summed E-state index contributed by atoms with van der Waals surface area (Å²) >= 11 is 0. The molecule has 0 aliphatic carbocycles. The number of hydrogen-bond acceptors (Lipinski definition) is 1. The van der Waals surface area contributed by atoms with Crippen molar-refractivity contribution in [1.29, 1.82) is 0 Å². The Labute approximate surface area is 165 Å². The molecule has 1 atom stereocenters. The number of fused-ring (bicyclic) bond motifs is 1. The molecule has 2 aromatic carbocycles. The summed E-state index contributed by atoms with van der Waals surface area (Å²) in [6.45, 7) is 1.31. The Bertz CT molecular complexity index is 971. The number of hydrogen-bond donors (Lipinski definition) is 0. The van der Waals surface area contributed by atoms with E-state index in [4.69, 9.17) is 0 Å². The van der Waals surface area contributed by atoms with Crippen molar-refractivity contribution >= 4 is 0 Å². The molecule has 0 bridgehead atoms. The van der Waals surface area contributed by atoms with E-state index in [1.54, 1.807) is 0 Å². The number of rotatable bonds is 3. The van der Waals surface area contributed by atoms with Crippen molar-refractivity contribution in [3.8, 4) is 0 Å². The van der Waals surface area contributed by atoms with Crippen molar-refractivity contribution in [2.24, 2.45) is 0 Å². The Morgan fingerprint density at radius 3 is 2.21 bits per heavy atom. The zero-order valence-corrected chi connectivity index (χ0v) is 15.5. The molecule has 1 aliphatic heterocycles. The summed E-state index contributed by atoms with van der Waals surface area (Å²) in [6, 6.07) is 12.1. The van der Waals surface area contributed by atoms with Crippen molar-refractivity contribution in [1.82, 2.24) is 9.47 Å². The van der Waals surface area contributed by atoms with Gasteiger partial charge in [-0.3, -0.25) is 4.90 Å². The smallest absolute Gasteiger partial charge is 0.350 e. The van der Waals surface area contributed by atoms with E-state index in [1.165, 1.54) is 30.3 Å². The molecule has 3 aromatic rings. The minimum Gasteiger partial charge on any atom is -0.350 e. The molecule has 0 unspecified atom stereocenters. The summed E-state index contributed by atoms with van der Waals surface area (Å²) < 4.78 is 69.5. The number of aryl methyl sites for hydroxylation is 1. The van der Waals surface area contributed by atoms with Crippen LogP contribution in [0.15, 0.2) is 60.8 Å². The van der Waals surface area contributed by atoms with E-state index in [2.05, 4.69) is 0 Å². The van der Waals surface area contributed by atoms with E-state index >= 15 is 0 Å². The number of halogens is 5. The molecule has 0 saturated heterocycles. The molecule has 0 saturated carbocycles. The lowest BCUT2D eigenvalue weighted by atomic mass is 9.99. The molecule has 152 valence electrons. The monoisotopic (exact) mass is 406 g/mol. The number of alkyl halides is 3. The summed E-state index contributed by atoms with van der Waals surface area (Å²) in [5, 5.41) is 0. The lowest BCUT2D eigenvalue weighted by Gasteiger charge is -2.31. The molecular weight excluding hydrogens is 387 g/mol. The number of benzene rings is 2. The quantitative estimate of drug-likeness (QED) is 0.501. The first-order chi connectivity index (χ1) is 13.8. The fourth-order valence-electron chi connectivity index (χ4n) is 3.93. The topological polar surface area (TPSA) is 8.17 Å². The van der Waals surface area contributed by atoms with Crippen molar-refractivity contribution in [3.05, 3.63) is 94.8 Å². The summed E-state index contributed by atoms with van der Waals surface area (Å²) in [5.74, 6) is -1.26. The van der Waals surface area contributed by atoms with Crippen LogP contribution >= 0.6 is 0 Å². The zero-order valence-electron chi connectivity index (χ0n) is 15.5. The Kier molecular flexibility index (Phi) is 5.17. The molecule has 29 heavy (non-hydrogen) atoms. The van der Waals surface area contributed by atoms with Crippen molar-refractivity contribution in [2.45, 2.75) is 31.7 Å². The molecule has 0 spiro atoms. The van der Waals surface area contributed by atoms with Crippen LogP contribution in [0.4, 0.5) is 22.0 Å². The average molecular weight is 406 g/mol. The molecule has 0 N–H and O–H groups in total. The van der Waals surface area contributed by atoms with E-state index in [-0.39, 0.29) is 12.1 Å². The van der Waals surface area contributed by atoms with Crippen LogP contribution in [0.3, 0.4) is 0 Å². The Morgan fingerprint density at radius 2 is 1.55 bits per heavy atom. The van der Waals surface area contributed by atoms with Gasteiger partial charge >= 0.3 is 6.18 Å². The van der Waals surface area contributed by atoms with Crippen LogP contribution in [0.25, 0.3) is 0 Å². The van der Waals surface area contributed by atoms with Crippen LogP contribution in [0.5, 0.6) is 0 Å². The Morgan fingerprint density at radius 1 is 0.862 bits per heavy atom. The van der Waals surface area contributed by atoms with Gasteiger partial charge in [0, 0.05) is 37.1 Å². The van der Waals surface area contributed by atoms with Crippen LogP contribution in [-0.2, 0) is 19.3 Å². The van der Waals surface area contributed by atoms with Crippen LogP contribution in [0.1, 0.15) is 34.8 Å². The summed E-state index contributed by atoms with van der Waals surface area (Å²) in [6.07, 6.45) is -1.74. The van der Waals surface area contributed by atoms with E-state index in [0.717, 1.165) is 30.8 Å². The normalized spacial score (nSPS) is 17.8. The number of nitrogens with zero attached hydrogens (tertiary/aromatic N) is 2. The molecular formula is C22H19F5N2. The van der Waals surface area contributed by atoms with Crippen LogP contribution in [0, 0.1) is 11.6 Å². The third-order valence-electron chi connectivity index (χ3n) is 5.33. The van der Waals surface area contributed by atoms with Crippen molar-refractivity contribution in [2.75, 3.05) is 6.54 Å². The highest BCUT2D eigenvalue weighted by atomic mass is 19.4. The van der Waals surface area contributed by atoms with Gasteiger partial charge in [0.05, 0.1) is 11.6 Å². The summed E-state index contributed by atoms with van der Waals surface area (Å²) in [7, 11) is 0. The maximum absolute atomic E-state index is 14.3. The number of aromatic nitrogens is 1. The Balaban J connectivity index is 1.75. The van der Waals surface area contributed by atoms with E-state index in [1.807, 2.05) is 27.8 Å². The van der Waals surface area contributed by atoms with Gasteiger partial charge in [-0.25, -0.2) is 8.78 Å². The van der Waals surface area contributed by atoms with Crippen LogP contribution in [-0.4, -0.2) is 16.0 Å². The van der Waals surface area contributed by atoms with Crippen LogP contribution < -0.4 is 0 Å². The molecule has 0 amide bonds. The second-order valence-electron chi connectivity index (χ2n) is 7.17. The molecule has 1 aliphatic rings. The second kappa shape index (κ2) is 7.63. The van der Waals surface area contributed by atoms with Gasteiger partial charge in [-0.2, -0.15) is 13.2 Å². The summed E-state index contributed by atoms with van der Waals surface area (Å²) in [4.78, 5) is 1.92. The van der Waals surface area contributed by atoms with Gasteiger partial charge in [-0.1, -0.05) is 18.2 Å². The largest absolute Gasteiger partial charge is 0.416 e. The van der Waals surface area contributed by atoms with E-state index in [0.29, 0.717) is 12.1 Å². The van der Waals surface area contributed by atoms with Crippen molar-refractivity contribution in [3.63, 3.8) is 0 Å². The van der Waals surface area contributed by atoms with Gasteiger partial charge in [-0.05, 0) is 48.4 Å². The fraction of sp³-hybridized carbons (Fsp3) is 0.273. The first-order valence-corrected chi connectivity index (χ1v) is 9.34. The molecule has 4 rings (SSSR count). The average Bonchev–Trinajstić information content (AvgIpc) is 3.05. The zero-order chi connectivity index (χ0) is 20.6. The maximum Gasteiger partial charge on any atom is 0.416 e. The third kappa shape index (κ3) is 3.92. The van der Waals surface area contributed by atoms with E-state index < -0.39 is 29.4 Å². The van der Waals surface area contributed by atoms with Gasteiger partial charge < -0.3 is 4.57 Å². The first-order valence-electron chi connectivity index (χ1n) is 9.34. The second-order valence-corrected chi connectivity index (χ2v) is 7.17. The molecule has 2 heterocycles. The van der Waals surface area contributed by atoms with Gasteiger partial charge in [0.2, 0.25) is 0 Å². The minimum absolute atomic E-state index is 0.0232. The highest BCUT2D eigenvalue weighted by Crippen LogP contribution is 2.36. The highest BCUT2D eigenvalue weighted by Gasteiger charge is 2.32. The maximum atomic E-state index is 14.3. The molecule has 0 fully saturated rings. The van der Waals surface area contributed by atoms with Gasteiger partial charge in [0.1, 0.15) is 11.6 Å². The SMILES string of the molecule is Fc1cccc(F)c1CN1CCCn2cccc2[C@@H]1c1ccc(C(F)(F)F)cc1. The lowest BCUT2D eigenvalue weighted by molar-refractivity contribution is -0.137. The molecule has 2 nitrogen and oxygen atoms in total. The predicted molar refractivity (Wildman–Crippen MR) is 99.1 cm³/mol.